The minimum Gasteiger partial charge on any atom is -0.481 e. The van der Waals surface area contributed by atoms with E-state index in [2.05, 4.69) is 4.74 Å². The molecular weight excluding hydrogens is 352 g/mol. The highest BCUT2D eigenvalue weighted by Gasteiger charge is 2.25. The Balaban J connectivity index is 3.89. The first-order valence-electron chi connectivity index (χ1n) is 9.37. The molecule has 0 saturated carbocycles. The normalized spacial score (nSPS) is 12.7. The van der Waals surface area contributed by atoms with Gasteiger partial charge in [0.1, 0.15) is 5.92 Å². The fourth-order valence-electron chi connectivity index (χ4n) is 2.51. The lowest BCUT2D eigenvalue weighted by Gasteiger charge is -2.10. The van der Waals surface area contributed by atoms with Crippen LogP contribution in [0, 0.1) is 22.7 Å². The van der Waals surface area contributed by atoms with Crippen molar-refractivity contribution >= 4 is 35.6 Å². The first-order valence-corrected chi connectivity index (χ1v) is 9.37. The highest BCUT2D eigenvalue weighted by atomic mass is 16.6. The molecule has 0 fully saturated rings. The first kappa shape index (κ1) is 24.6. The van der Waals surface area contributed by atoms with E-state index in [1.807, 2.05) is 0 Å². The van der Waals surface area contributed by atoms with Gasteiger partial charge in [0.15, 0.2) is 5.78 Å². The molecule has 0 heterocycles. The Morgan fingerprint density at radius 2 is 1.52 bits per heavy atom. The van der Waals surface area contributed by atoms with Crippen LogP contribution < -0.4 is 0 Å². The monoisotopic (exact) mass is 382 g/mol. The predicted octanol–water partition coefficient (Wildman–Crippen LogP) is 3.16. The second-order valence-corrected chi connectivity index (χ2v) is 6.38. The molecule has 8 nitrogen and oxygen atoms in total. The average molecular weight is 382 g/mol. The van der Waals surface area contributed by atoms with Crippen molar-refractivity contribution < 1.29 is 29.0 Å². The minimum absolute atomic E-state index is 0.126. The SMILES string of the molecule is CC[C@H](C(=N)C(=O)CCCCCCCC(=O)OC(=O)[C@@H](C=N)CC)C(=O)O. The zero-order chi connectivity index (χ0) is 20.8. The summed E-state index contributed by atoms with van der Waals surface area (Å²) in [6.07, 6.45) is 5.28. The number of Topliss-reactive ketones (excluding diaryl/α,β-unsaturated/α-hetero) is 1. The van der Waals surface area contributed by atoms with E-state index in [1.165, 1.54) is 0 Å². The molecular formula is C19H30N2O6. The van der Waals surface area contributed by atoms with Crippen LogP contribution in [-0.4, -0.2) is 40.7 Å². The number of hydrogen-bond acceptors (Lipinski definition) is 7. The van der Waals surface area contributed by atoms with E-state index in [9.17, 15) is 19.2 Å². The molecule has 3 N–H and O–H groups in total. The maximum absolute atomic E-state index is 11.8. The van der Waals surface area contributed by atoms with Crippen LogP contribution >= 0.6 is 0 Å². The van der Waals surface area contributed by atoms with Crippen LogP contribution in [-0.2, 0) is 23.9 Å². The number of esters is 2. The quantitative estimate of drug-likeness (QED) is 0.172. The van der Waals surface area contributed by atoms with Gasteiger partial charge in [-0.1, -0.05) is 33.1 Å². The molecule has 0 aromatic heterocycles. The number of nitrogens with one attached hydrogen (secondary N) is 2. The smallest absolute Gasteiger partial charge is 0.321 e. The maximum atomic E-state index is 11.8. The molecule has 0 aliphatic rings. The Morgan fingerprint density at radius 1 is 0.963 bits per heavy atom. The van der Waals surface area contributed by atoms with Gasteiger partial charge in [-0.15, -0.1) is 0 Å². The van der Waals surface area contributed by atoms with E-state index in [1.54, 1.807) is 13.8 Å². The van der Waals surface area contributed by atoms with E-state index in [0.717, 1.165) is 25.5 Å². The Morgan fingerprint density at radius 3 is 2.00 bits per heavy atom. The number of carbonyl (C=O) groups excluding carboxylic acids is 3. The average Bonchev–Trinajstić information content (AvgIpc) is 2.61. The second-order valence-electron chi connectivity index (χ2n) is 6.38. The highest BCUT2D eigenvalue weighted by molar-refractivity contribution is 6.42. The third kappa shape index (κ3) is 9.77. The number of ether oxygens (including phenoxy) is 1. The molecule has 0 spiro atoms. The van der Waals surface area contributed by atoms with E-state index in [0.29, 0.717) is 19.3 Å². The van der Waals surface area contributed by atoms with Gasteiger partial charge in [-0.25, -0.2) is 0 Å². The van der Waals surface area contributed by atoms with Gasteiger partial charge in [0.25, 0.3) is 0 Å². The zero-order valence-corrected chi connectivity index (χ0v) is 16.1. The molecule has 0 unspecified atom stereocenters. The van der Waals surface area contributed by atoms with Crippen LogP contribution in [0.5, 0.6) is 0 Å². The van der Waals surface area contributed by atoms with Crippen LogP contribution in [0.3, 0.4) is 0 Å². The summed E-state index contributed by atoms with van der Waals surface area (Å²) >= 11 is 0. The fourth-order valence-corrected chi connectivity index (χ4v) is 2.51. The molecule has 0 aliphatic carbocycles. The lowest BCUT2D eigenvalue weighted by Crippen LogP contribution is -2.28. The van der Waals surface area contributed by atoms with Gasteiger partial charge < -0.3 is 20.7 Å². The van der Waals surface area contributed by atoms with Gasteiger partial charge in [0.2, 0.25) is 0 Å². The molecule has 0 aromatic rings. The molecule has 0 bridgehead atoms. The Bertz CT molecular complexity index is 558. The van der Waals surface area contributed by atoms with Crippen molar-refractivity contribution in [3.05, 3.63) is 0 Å². The van der Waals surface area contributed by atoms with Crippen molar-refractivity contribution in [3.8, 4) is 0 Å². The van der Waals surface area contributed by atoms with Gasteiger partial charge in [0, 0.05) is 19.1 Å². The molecule has 27 heavy (non-hydrogen) atoms. The lowest BCUT2D eigenvalue weighted by molar-refractivity contribution is -0.161. The van der Waals surface area contributed by atoms with Gasteiger partial charge in [0.05, 0.1) is 11.6 Å². The largest absolute Gasteiger partial charge is 0.481 e. The fraction of sp³-hybridized carbons (Fsp3) is 0.684. The zero-order valence-electron chi connectivity index (χ0n) is 16.1. The summed E-state index contributed by atoms with van der Waals surface area (Å²) in [7, 11) is 0. The third-order valence-corrected chi connectivity index (χ3v) is 4.30. The van der Waals surface area contributed by atoms with Gasteiger partial charge in [-0.05, 0) is 25.7 Å². The number of unbranched alkanes of at least 4 members (excludes halogenated alkanes) is 4. The Labute approximate surface area is 159 Å². The van der Waals surface area contributed by atoms with Crippen molar-refractivity contribution in [3.63, 3.8) is 0 Å². The van der Waals surface area contributed by atoms with Gasteiger partial charge in [-0.3, -0.25) is 19.2 Å². The number of rotatable bonds is 15. The molecule has 0 saturated heterocycles. The van der Waals surface area contributed by atoms with Crippen molar-refractivity contribution in [2.75, 3.05) is 0 Å². The van der Waals surface area contributed by atoms with Crippen LogP contribution in [0.2, 0.25) is 0 Å². The summed E-state index contributed by atoms with van der Waals surface area (Å²) in [5.74, 6) is -4.58. The molecule has 152 valence electrons. The van der Waals surface area contributed by atoms with Crippen molar-refractivity contribution in [1.82, 2.24) is 0 Å². The van der Waals surface area contributed by atoms with Gasteiger partial charge >= 0.3 is 17.9 Å². The van der Waals surface area contributed by atoms with Crippen LogP contribution in [0.25, 0.3) is 0 Å². The summed E-state index contributed by atoms with van der Waals surface area (Å²) in [4.78, 5) is 45.9. The number of carboxylic acids is 1. The number of carboxylic acid groups (broad SMARTS) is 1. The molecule has 0 aliphatic heterocycles. The first-order chi connectivity index (χ1) is 12.8. The molecule has 0 rings (SSSR count). The van der Waals surface area contributed by atoms with Crippen molar-refractivity contribution in [2.45, 2.75) is 71.6 Å². The molecule has 2 atom stereocenters. The second kappa shape index (κ2) is 13.8. The number of hydrogen-bond donors (Lipinski definition) is 3. The summed E-state index contributed by atoms with van der Waals surface area (Å²) in [5.41, 5.74) is -0.340. The summed E-state index contributed by atoms with van der Waals surface area (Å²) < 4.78 is 4.69. The van der Waals surface area contributed by atoms with Crippen LogP contribution in [0.15, 0.2) is 0 Å². The Kier molecular flexibility index (Phi) is 12.6. The molecule has 8 heteroatoms. The Hall–Kier alpha value is -2.38. The van der Waals surface area contributed by atoms with E-state index >= 15 is 0 Å². The topological polar surface area (TPSA) is 145 Å². The van der Waals surface area contributed by atoms with E-state index < -0.39 is 35.5 Å². The third-order valence-electron chi connectivity index (χ3n) is 4.30. The van der Waals surface area contributed by atoms with Crippen molar-refractivity contribution in [1.29, 1.82) is 10.8 Å². The summed E-state index contributed by atoms with van der Waals surface area (Å²) in [6, 6.07) is 0. The standard InChI is InChI=1S/C19H30N2O6/c1-3-13(12-20)19(26)27-16(23)11-9-7-5-6-8-10-15(22)17(21)14(4-2)18(24)25/h12-14,20-21H,3-11H2,1-2H3,(H,24,25)/t13-,14-/m1/s1. The van der Waals surface area contributed by atoms with Crippen molar-refractivity contribution in [2.24, 2.45) is 11.8 Å². The lowest BCUT2D eigenvalue weighted by atomic mass is 9.94. The van der Waals surface area contributed by atoms with Gasteiger partial charge in [-0.2, -0.15) is 0 Å². The minimum atomic E-state index is -1.15. The highest BCUT2D eigenvalue weighted by Crippen LogP contribution is 2.12. The summed E-state index contributed by atoms with van der Waals surface area (Å²) in [5, 5.41) is 23.7. The molecule has 0 amide bonds. The number of ketones is 1. The van der Waals surface area contributed by atoms with E-state index in [4.69, 9.17) is 15.9 Å². The van der Waals surface area contributed by atoms with Crippen LogP contribution in [0.1, 0.15) is 71.6 Å². The number of aliphatic carboxylic acids is 1. The maximum Gasteiger partial charge on any atom is 0.321 e. The number of carbonyl (C=O) groups is 4. The molecule has 0 aromatic carbocycles. The predicted molar refractivity (Wildman–Crippen MR) is 100 cm³/mol. The summed E-state index contributed by atoms with van der Waals surface area (Å²) in [6.45, 7) is 3.37. The van der Waals surface area contributed by atoms with Crippen LogP contribution in [0.4, 0.5) is 0 Å². The van der Waals surface area contributed by atoms with E-state index in [-0.39, 0.29) is 25.0 Å². The molecule has 0 radical (unpaired) electrons.